The molecule has 25 heavy (non-hydrogen) atoms. The van der Waals surface area contributed by atoms with E-state index in [0.717, 1.165) is 61.0 Å². The lowest BCUT2D eigenvalue weighted by Gasteiger charge is -2.21. The van der Waals surface area contributed by atoms with Crippen LogP contribution in [-0.2, 0) is 11.3 Å². The van der Waals surface area contributed by atoms with Crippen molar-refractivity contribution in [2.24, 2.45) is 5.92 Å². The SMILES string of the molecule is CC(C)CCN1CCn2c1nn1c(C3CCOCC3)nc(I)c1c2=O. The summed E-state index contributed by atoms with van der Waals surface area (Å²) >= 11 is 2.17. The van der Waals surface area contributed by atoms with E-state index in [9.17, 15) is 4.79 Å². The molecule has 1 fully saturated rings. The molecule has 7 nitrogen and oxygen atoms in total. The smallest absolute Gasteiger partial charge is 0.282 e. The van der Waals surface area contributed by atoms with Gasteiger partial charge in [0.05, 0.1) is 0 Å². The van der Waals surface area contributed by atoms with Crippen molar-refractivity contribution in [2.75, 3.05) is 31.2 Å². The maximum atomic E-state index is 13.0. The van der Waals surface area contributed by atoms with E-state index in [2.05, 4.69) is 41.3 Å². The number of imidazole rings is 1. The molecular formula is C17H24IN5O2. The van der Waals surface area contributed by atoms with Crippen molar-refractivity contribution in [3.05, 3.63) is 19.9 Å². The van der Waals surface area contributed by atoms with Gasteiger partial charge < -0.3 is 9.64 Å². The average Bonchev–Trinajstić information content (AvgIpc) is 3.16. The van der Waals surface area contributed by atoms with Crippen molar-refractivity contribution in [1.29, 1.82) is 0 Å². The monoisotopic (exact) mass is 457 g/mol. The molecule has 2 aliphatic rings. The van der Waals surface area contributed by atoms with E-state index in [-0.39, 0.29) is 5.56 Å². The molecule has 136 valence electrons. The quantitative estimate of drug-likeness (QED) is 0.660. The third kappa shape index (κ3) is 3.07. The Labute approximate surface area is 160 Å². The van der Waals surface area contributed by atoms with Gasteiger partial charge in [0.2, 0.25) is 5.95 Å². The second kappa shape index (κ2) is 6.86. The zero-order chi connectivity index (χ0) is 17.6. The molecule has 0 amide bonds. The molecule has 0 N–H and O–H groups in total. The molecule has 0 aliphatic carbocycles. The average molecular weight is 457 g/mol. The Hall–Kier alpha value is -1.16. The molecule has 0 atom stereocenters. The van der Waals surface area contributed by atoms with Crippen LogP contribution in [-0.4, -0.2) is 45.5 Å². The zero-order valence-electron chi connectivity index (χ0n) is 14.7. The van der Waals surface area contributed by atoms with Gasteiger partial charge in [-0.15, -0.1) is 5.10 Å². The van der Waals surface area contributed by atoms with Crippen molar-refractivity contribution in [3.8, 4) is 0 Å². The van der Waals surface area contributed by atoms with Crippen molar-refractivity contribution in [1.82, 2.24) is 19.2 Å². The van der Waals surface area contributed by atoms with E-state index in [4.69, 9.17) is 14.8 Å². The van der Waals surface area contributed by atoms with Gasteiger partial charge in [0, 0.05) is 38.8 Å². The van der Waals surface area contributed by atoms with Crippen LogP contribution < -0.4 is 10.5 Å². The fourth-order valence-electron chi connectivity index (χ4n) is 3.65. The maximum Gasteiger partial charge on any atom is 0.282 e. The van der Waals surface area contributed by atoms with Crippen LogP contribution in [0.15, 0.2) is 4.79 Å². The summed E-state index contributed by atoms with van der Waals surface area (Å²) in [6.45, 7) is 8.46. The van der Waals surface area contributed by atoms with E-state index in [0.29, 0.717) is 23.9 Å². The number of fused-ring (bicyclic) bond motifs is 2. The molecule has 0 radical (unpaired) electrons. The van der Waals surface area contributed by atoms with Gasteiger partial charge in [0.1, 0.15) is 9.53 Å². The van der Waals surface area contributed by atoms with Crippen LogP contribution >= 0.6 is 22.6 Å². The lowest BCUT2D eigenvalue weighted by molar-refractivity contribution is 0.0832. The fraction of sp³-hybridized carbons (Fsp3) is 0.706. The first kappa shape index (κ1) is 17.3. The van der Waals surface area contributed by atoms with Gasteiger partial charge >= 0.3 is 0 Å². The summed E-state index contributed by atoms with van der Waals surface area (Å²) < 4.78 is 9.86. The minimum Gasteiger partial charge on any atom is -0.381 e. The highest BCUT2D eigenvalue weighted by Crippen LogP contribution is 2.28. The second-order valence-electron chi connectivity index (χ2n) is 7.33. The molecule has 1 saturated heterocycles. The molecule has 0 saturated carbocycles. The highest BCUT2D eigenvalue weighted by molar-refractivity contribution is 14.1. The van der Waals surface area contributed by atoms with Crippen LogP contribution in [0.4, 0.5) is 5.95 Å². The summed E-state index contributed by atoms with van der Waals surface area (Å²) in [5.41, 5.74) is 0.656. The van der Waals surface area contributed by atoms with Crippen molar-refractivity contribution < 1.29 is 4.74 Å². The molecule has 4 heterocycles. The lowest BCUT2D eigenvalue weighted by Crippen LogP contribution is -2.27. The van der Waals surface area contributed by atoms with Gasteiger partial charge in [-0.25, -0.2) is 9.50 Å². The van der Waals surface area contributed by atoms with Gasteiger partial charge in [0.15, 0.2) is 5.52 Å². The number of halogens is 1. The molecule has 0 spiro atoms. The third-order valence-corrected chi connectivity index (χ3v) is 5.91. The van der Waals surface area contributed by atoms with Crippen LogP contribution in [0.5, 0.6) is 0 Å². The molecule has 4 rings (SSSR count). The van der Waals surface area contributed by atoms with Gasteiger partial charge in [-0.3, -0.25) is 9.36 Å². The van der Waals surface area contributed by atoms with E-state index >= 15 is 0 Å². The van der Waals surface area contributed by atoms with Crippen LogP contribution in [0.2, 0.25) is 0 Å². The van der Waals surface area contributed by atoms with E-state index in [1.807, 2.05) is 9.08 Å². The first-order valence-electron chi connectivity index (χ1n) is 9.08. The molecule has 0 bridgehead atoms. The van der Waals surface area contributed by atoms with Crippen LogP contribution in [0.25, 0.3) is 5.52 Å². The minimum atomic E-state index is 0.0345. The molecule has 2 aromatic rings. The summed E-state index contributed by atoms with van der Waals surface area (Å²) in [5.74, 6) is 2.65. The highest BCUT2D eigenvalue weighted by Gasteiger charge is 2.29. The molecule has 2 aliphatic heterocycles. The normalized spacial score (nSPS) is 18.5. The van der Waals surface area contributed by atoms with Crippen LogP contribution in [0.3, 0.4) is 0 Å². The minimum absolute atomic E-state index is 0.0345. The Kier molecular flexibility index (Phi) is 4.74. The van der Waals surface area contributed by atoms with Gasteiger partial charge in [-0.2, -0.15) is 0 Å². The zero-order valence-corrected chi connectivity index (χ0v) is 16.9. The first-order chi connectivity index (χ1) is 12.1. The number of nitrogens with zero attached hydrogens (tertiary/aromatic N) is 5. The Morgan fingerprint density at radius 2 is 2.04 bits per heavy atom. The van der Waals surface area contributed by atoms with Gasteiger partial charge in [-0.05, 0) is 47.8 Å². The van der Waals surface area contributed by atoms with E-state index in [1.165, 1.54) is 0 Å². The number of ether oxygens (including phenoxy) is 1. The van der Waals surface area contributed by atoms with E-state index in [1.54, 1.807) is 0 Å². The predicted octanol–water partition coefficient (Wildman–Crippen LogP) is 2.26. The summed E-state index contributed by atoms with van der Waals surface area (Å²) in [7, 11) is 0. The van der Waals surface area contributed by atoms with Crippen molar-refractivity contribution in [3.63, 3.8) is 0 Å². The number of anilines is 1. The maximum absolute atomic E-state index is 13.0. The second-order valence-corrected chi connectivity index (χ2v) is 8.36. The van der Waals surface area contributed by atoms with Gasteiger partial charge in [0.25, 0.3) is 5.56 Å². The molecule has 0 aromatic carbocycles. The summed E-state index contributed by atoms with van der Waals surface area (Å²) in [6, 6.07) is 0. The van der Waals surface area contributed by atoms with Gasteiger partial charge in [-0.1, -0.05) is 13.8 Å². The van der Waals surface area contributed by atoms with Crippen LogP contribution in [0, 0.1) is 9.62 Å². The number of aromatic nitrogens is 4. The lowest BCUT2D eigenvalue weighted by atomic mass is 10.00. The Balaban J connectivity index is 1.79. The summed E-state index contributed by atoms with van der Waals surface area (Å²) in [4.78, 5) is 20.0. The standard InChI is InChI=1S/C17H24IN5O2/c1-11(2)3-6-21-7-8-22-16(24)13-14(18)19-15(23(13)20-17(21)22)12-4-9-25-10-5-12/h11-12H,3-10H2,1-2H3. The topological polar surface area (TPSA) is 64.7 Å². The fourth-order valence-corrected chi connectivity index (χ4v) is 4.35. The van der Waals surface area contributed by atoms with E-state index < -0.39 is 0 Å². The number of hydrogen-bond acceptors (Lipinski definition) is 5. The summed E-state index contributed by atoms with van der Waals surface area (Å²) in [5, 5.41) is 4.87. The molecular weight excluding hydrogens is 433 g/mol. The molecule has 8 heteroatoms. The first-order valence-corrected chi connectivity index (χ1v) is 10.2. The van der Waals surface area contributed by atoms with Crippen LogP contribution in [0.1, 0.15) is 44.9 Å². The Morgan fingerprint density at radius 3 is 2.76 bits per heavy atom. The van der Waals surface area contributed by atoms with Crippen molar-refractivity contribution >= 4 is 34.1 Å². The Bertz CT molecular complexity index is 838. The number of rotatable bonds is 4. The molecule has 0 unspecified atom stereocenters. The predicted molar refractivity (Wildman–Crippen MR) is 104 cm³/mol. The Morgan fingerprint density at radius 1 is 1.28 bits per heavy atom. The molecule has 2 aromatic heterocycles. The third-order valence-electron chi connectivity index (χ3n) is 5.15. The summed E-state index contributed by atoms with van der Waals surface area (Å²) in [6.07, 6.45) is 2.97. The largest absolute Gasteiger partial charge is 0.381 e. The number of hydrogen-bond donors (Lipinski definition) is 0. The highest BCUT2D eigenvalue weighted by atomic mass is 127. The van der Waals surface area contributed by atoms with Crippen molar-refractivity contribution in [2.45, 2.75) is 45.6 Å².